The Morgan fingerprint density at radius 3 is 2.32 bits per heavy atom. The number of para-hydroxylation sites is 1. The first-order valence-electron chi connectivity index (χ1n) is 7.93. The second kappa shape index (κ2) is 8.78. The lowest BCUT2D eigenvalue weighted by atomic mass is 10.1. The number of methoxy groups -OCH3 is 1. The maximum atomic E-state index is 13.2. The molecule has 0 aliphatic heterocycles. The quantitative estimate of drug-likeness (QED) is 0.407. The van der Waals surface area contributed by atoms with E-state index in [0.717, 1.165) is 6.07 Å². The van der Waals surface area contributed by atoms with Crippen LogP contribution < -0.4 is 10.1 Å². The summed E-state index contributed by atoms with van der Waals surface area (Å²) in [6.07, 6.45) is 0. The molecule has 2 aromatic rings. The number of nitrogens with zero attached hydrogens (tertiary/aromatic N) is 1. The molecule has 0 saturated carbocycles. The smallest absolute Gasteiger partial charge is 0.323 e. The number of sulfone groups is 1. The van der Waals surface area contributed by atoms with Crippen LogP contribution in [0.25, 0.3) is 0 Å². The first-order chi connectivity index (χ1) is 13.2. The summed E-state index contributed by atoms with van der Waals surface area (Å²) in [7, 11) is -2.92. The van der Waals surface area contributed by atoms with Gasteiger partial charge in [-0.15, -0.1) is 0 Å². The van der Waals surface area contributed by atoms with Gasteiger partial charge < -0.3 is 14.9 Å². The van der Waals surface area contributed by atoms with Gasteiger partial charge in [0, 0.05) is 6.07 Å². The lowest BCUT2D eigenvalue weighted by Gasteiger charge is -2.23. The van der Waals surface area contributed by atoms with Crippen molar-refractivity contribution in [3.05, 3.63) is 64.2 Å². The summed E-state index contributed by atoms with van der Waals surface area (Å²) in [5.41, 5.74) is -0.748. The lowest BCUT2D eigenvalue weighted by Crippen LogP contribution is -2.44. The van der Waals surface area contributed by atoms with Gasteiger partial charge in [0.1, 0.15) is 17.2 Å². The maximum Gasteiger partial charge on any atom is 0.323 e. The van der Waals surface area contributed by atoms with Gasteiger partial charge in [0.2, 0.25) is 0 Å². The van der Waals surface area contributed by atoms with Crippen LogP contribution in [0.2, 0.25) is 0 Å². The van der Waals surface area contributed by atoms with Gasteiger partial charge in [-0.05, 0) is 30.3 Å². The Balaban J connectivity index is 2.63. The van der Waals surface area contributed by atoms with Crippen molar-refractivity contribution in [3.63, 3.8) is 0 Å². The monoisotopic (exact) mass is 410 g/mol. The third-order valence-corrected chi connectivity index (χ3v) is 5.89. The van der Waals surface area contributed by atoms with Gasteiger partial charge in [0.05, 0.1) is 29.1 Å². The van der Waals surface area contributed by atoms with Crippen LogP contribution in [-0.2, 0) is 14.6 Å². The van der Waals surface area contributed by atoms with Crippen molar-refractivity contribution in [2.75, 3.05) is 13.7 Å². The Morgan fingerprint density at radius 2 is 1.82 bits per heavy atom. The topological polar surface area (TPSA) is 156 Å². The third-order valence-electron chi connectivity index (χ3n) is 3.95. The van der Waals surface area contributed by atoms with Crippen molar-refractivity contribution in [1.82, 2.24) is 5.32 Å². The van der Waals surface area contributed by atoms with Gasteiger partial charge >= 0.3 is 5.97 Å². The van der Waals surface area contributed by atoms with Crippen molar-refractivity contribution < 1.29 is 33.1 Å². The Hall–Kier alpha value is -3.02. The van der Waals surface area contributed by atoms with E-state index in [4.69, 9.17) is 4.74 Å². The molecule has 0 aliphatic rings. The molecule has 0 radical (unpaired) electrons. The van der Waals surface area contributed by atoms with E-state index in [1.807, 2.05) is 0 Å². The van der Waals surface area contributed by atoms with Crippen molar-refractivity contribution >= 4 is 21.5 Å². The lowest BCUT2D eigenvalue weighted by molar-refractivity contribution is -0.385. The normalized spacial score (nSPS) is 13.5. The minimum absolute atomic E-state index is 0.203. The molecule has 0 amide bonds. The number of carboxylic acid groups (broad SMARTS) is 1. The van der Waals surface area contributed by atoms with Crippen molar-refractivity contribution in [3.8, 4) is 5.75 Å². The second-order valence-electron chi connectivity index (χ2n) is 5.66. The van der Waals surface area contributed by atoms with E-state index in [1.165, 1.54) is 49.6 Å². The van der Waals surface area contributed by atoms with Crippen molar-refractivity contribution in [2.24, 2.45) is 0 Å². The third kappa shape index (κ3) is 4.44. The molecule has 3 N–H and O–H groups in total. The number of nitro groups is 1. The highest BCUT2D eigenvalue weighted by Crippen LogP contribution is 2.33. The second-order valence-corrected chi connectivity index (χ2v) is 7.69. The number of carbonyl (C=O) groups is 1. The summed E-state index contributed by atoms with van der Waals surface area (Å²) < 4.78 is 31.3. The number of hydrogen-bond donors (Lipinski definition) is 3. The molecular formula is C17H18N2O8S. The van der Waals surface area contributed by atoms with Crippen LogP contribution in [0.15, 0.2) is 53.4 Å². The molecule has 0 heterocycles. The van der Waals surface area contributed by atoms with Crippen LogP contribution in [0.1, 0.15) is 10.9 Å². The van der Waals surface area contributed by atoms with Crippen LogP contribution >= 0.6 is 0 Å². The first kappa shape index (κ1) is 21.3. The number of ether oxygens (including phenoxy) is 1. The standard InChI is InChI=1S/C17H18N2O8S/c1-27-11-6-8-12(9-7-11)28(25,26)16(18-14(10-20)17(21)22)13-4-2-3-5-15(13)19(23)24/h2-9,14,16,18,20H,10H2,1H3,(H,21,22). The molecule has 2 aromatic carbocycles. The van der Waals surface area contributed by atoms with Gasteiger partial charge in [0.25, 0.3) is 5.69 Å². The molecule has 2 unspecified atom stereocenters. The molecule has 28 heavy (non-hydrogen) atoms. The van der Waals surface area contributed by atoms with Crippen LogP contribution in [0.4, 0.5) is 5.69 Å². The minimum Gasteiger partial charge on any atom is -0.497 e. The zero-order valence-electron chi connectivity index (χ0n) is 14.7. The molecule has 2 atom stereocenters. The van der Waals surface area contributed by atoms with Crippen LogP contribution in [0.5, 0.6) is 5.75 Å². The molecular weight excluding hydrogens is 392 g/mol. The van der Waals surface area contributed by atoms with Crippen LogP contribution in [0.3, 0.4) is 0 Å². The highest BCUT2D eigenvalue weighted by atomic mass is 32.2. The largest absolute Gasteiger partial charge is 0.497 e. The van der Waals surface area contributed by atoms with Gasteiger partial charge in [-0.25, -0.2) is 8.42 Å². The molecule has 150 valence electrons. The van der Waals surface area contributed by atoms with Gasteiger partial charge in [-0.3, -0.25) is 20.2 Å². The highest BCUT2D eigenvalue weighted by Gasteiger charge is 2.37. The fourth-order valence-electron chi connectivity index (χ4n) is 2.51. The predicted octanol–water partition coefficient (Wildman–Crippen LogP) is 1.11. The van der Waals surface area contributed by atoms with Gasteiger partial charge in [0.15, 0.2) is 9.84 Å². The van der Waals surface area contributed by atoms with E-state index in [1.54, 1.807) is 0 Å². The fourth-order valence-corrected chi connectivity index (χ4v) is 4.17. The van der Waals surface area contributed by atoms with Gasteiger partial charge in [-0.2, -0.15) is 0 Å². The average molecular weight is 410 g/mol. The Labute approximate surface area is 160 Å². The first-order valence-corrected chi connectivity index (χ1v) is 9.48. The number of hydrogen-bond acceptors (Lipinski definition) is 8. The Bertz CT molecular complexity index is 959. The van der Waals surface area contributed by atoms with E-state index < -0.39 is 44.4 Å². The van der Waals surface area contributed by atoms with E-state index in [9.17, 15) is 33.5 Å². The summed E-state index contributed by atoms with van der Waals surface area (Å²) in [5, 5.41) is 30.4. The molecule has 2 rings (SSSR count). The maximum absolute atomic E-state index is 13.2. The molecule has 0 spiro atoms. The number of benzene rings is 2. The number of aliphatic hydroxyl groups is 1. The molecule has 0 aromatic heterocycles. The number of nitrogens with one attached hydrogen (secondary N) is 1. The number of rotatable bonds is 9. The molecule has 0 aliphatic carbocycles. The van der Waals surface area contributed by atoms with Gasteiger partial charge in [-0.1, -0.05) is 12.1 Å². The van der Waals surface area contributed by atoms with E-state index in [2.05, 4.69) is 5.32 Å². The van der Waals surface area contributed by atoms with Crippen molar-refractivity contribution in [1.29, 1.82) is 0 Å². The van der Waals surface area contributed by atoms with E-state index in [0.29, 0.717) is 5.75 Å². The number of carboxylic acids is 1. The SMILES string of the molecule is COc1ccc(S(=O)(=O)C(NC(CO)C(=O)O)c2ccccc2[N+](=O)[O-])cc1. The number of aliphatic hydroxyl groups excluding tert-OH is 1. The summed E-state index contributed by atoms with van der Waals surface area (Å²) in [6.45, 7) is -0.912. The molecule has 0 fully saturated rings. The summed E-state index contributed by atoms with van der Waals surface area (Å²) in [6, 6.07) is 8.70. The average Bonchev–Trinajstić information content (AvgIpc) is 2.68. The molecule has 0 bridgehead atoms. The Kier molecular flexibility index (Phi) is 6.67. The molecule has 10 nitrogen and oxygen atoms in total. The minimum atomic E-state index is -4.32. The van der Waals surface area contributed by atoms with E-state index >= 15 is 0 Å². The summed E-state index contributed by atoms with van der Waals surface area (Å²) in [5.74, 6) is -1.11. The summed E-state index contributed by atoms with van der Waals surface area (Å²) >= 11 is 0. The summed E-state index contributed by atoms with van der Waals surface area (Å²) in [4.78, 5) is 21.7. The van der Waals surface area contributed by atoms with Crippen LogP contribution in [-0.4, -0.2) is 49.3 Å². The molecule has 0 saturated heterocycles. The highest BCUT2D eigenvalue weighted by molar-refractivity contribution is 7.91. The molecule has 11 heteroatoms. The zero-order valence-corrected chi connectivity index (χ0v) is 15.5. The number of nitro benzene ring substituents is 1. The van der Waals surface area contributed by atoms with Crippen LogP contribution in [0, 0.1) is 10.1 Å². The predicted molar refractivity (Wildman–Crippen MR) is 97.7 cm³/mol. The number of aliphatic carboxylic acids is 1. The zero-order chi connectivity index (χ0) is 20.9. The Morgan fingerprint density at radius 1 is 1.21 bits per heavy atom. The fraction of sp³-hybridized carbons (Fsp3) is 0.235. The van der Waals surface area contributed by atoms with E-state index in [-0.39, 0.29) is 10.5 Å². The van der Waals surface area contributed by atoms with Crippen molar-refractivity contribution in [2.45, 2.75) is 16.3 Å².